The number of hydrogen-bond acceptors (Lipinski definition) is 2. The van der Waals surface area contributed by atoms with E-state index in [1.807, 2.05) is 12.1 Å². The number of hydrogen-bond donors (Lipinski definition) is 1. The molecule has 3 rings (SSSR count). The molecule has 1 N–H and O–H groups in total. The fraction of sp³-hybridized carbons (Fsp3) is 0.500. The van der Waals surface area contributed by atoms with Gasteiger partial charge in [0.15, 0.2) is 0 Å². The predicted molar refractivity (Wildman–Crippen MR) is 83.5 cm³/mol. The zero-order valence-corrected chi connectivity index (χ0v) is 12.2. The number of aliphatic imine (C=N–C) groups is 1. The summed E-state index contributed by atoms with van der Waals surface area (Å²) in [5, 5.41) is 9.54. The van der Waals surface area contributed by atoms with E-state index in [2.05, 4.69) is 36.3 Å². The predicted octanol–water partition coefficient (Wildman–Crippen LogP) is 4.38. The Morgan fingerprint density at radius 3 is 2.40 bits per heavy atom. The van der Waals surface area contributed by atoms with Gasteiger partial charge in [-0.2, -0.15) is 0 Å². The van der Waals surface area contributed by atoms with Gasteiger partial charge in [0.25, 0.3) is 0 Å². The summed E-state index contributed by atoms with van der Waals surface area (Å²) in [5.41, 5.74) is 2.85. The van der Waals surface area contributed by atoms with E-state index in [0.717, 1.165) is 6.42 Å². The summed E-state index contributed by atoms with van der Waals surface area (Å²) >= 11 is 0. The lowest BCUT2D eigenvalue weighted by Crippen LogP contribution is -2.33. The molecule has 1 aromatic rings. The molecule has 2 aliphatic rings. The molecule has 1 aromatic carbocycles. The molecule has 1 heterocycles. The third-order valence-electron chi connectivity index (χ3n) is 4.83. The van der Waals surface area contributed by atoms with Gasteiger partial charge in [0, 0.05) is 11.6 Å². The maximum atomic E-state index is 9.54. The van der Waals surface area contributed by atoms with E-state index >= 15 is 0 Å². The van der Waals surface area contributed by atoms with Crippen molar-refractivity contribution in [2.75, 3.05) is 0 Å². The smallest absolute Gasteiger partial charge is 0.115 e. The number of nitrogens with zero attached hydrogens (tertiary/aromatic N) is 1. The van der Waals surface area contributed by atoms with Crippen LogP contribution in [-0.2, 0) is 5.41 Å². The van der Waals surface area contributed by atoms with E-state index in [0.29, 0.717) is 11.8 Å². The molecule has 1 fully saturated rings. The Morgan fingerprint density at radius 2 is 1.80 bits per heavy atom. The van der Waals surface area contributed by atoms with Crippen LogP contribution in [0.1, 0.15) is 51.0 Å². The third kappa shape index (κ3) is 2.39. The second-order valence-electron chi connectivity index (χ2n) is 6.21. The topological polar surface area (TPSA) is 32.6 Å². The number of aromatic hydroxyl groups is 1. The van der Waals surface area contributed by atoms with Crippen molar-refractivity contribution in [1.82, 2.24) is 0 Å². The van der Waals surface area contributed by atoms with Crippen molar-refractivity contribution in [3.63, 3.8) is 0 Å². The van der Waals surface area contributed by atoms with E-state index in [1.165, 1.54) is 43.2 Å². The Balaban J connectivity index is 2.00. The largest absolute Gasteiger partial charge is 0.508 e. The fourth-order valence-corrected chi connectivity index (χ4v) is 3.62. The molecule has 0 radical (unpaired) electrons. The highest BCUT2D eigenvalue weighted by atomic mass is 16.3. The van der Waals surface area contributed by atoms with Gasteiger partial charge >= 0.3 is 0 Å². The highest BCUT2D eigenvalue weighted by Gasteiger charge is 2.37. The van der Waals surface area contributed by atoms with Gasteiger partial charge in [-0.25, -0.2) is 0 Å². The lowest BCUT2D eigenvalue weighted by atomic mass is 9.64. The third-order valence-corrected chi connectivity index (χ3v) is 4.83. The average molecular weight is 269 g/mol. The molecule has 0 aromatic heterocycles. The summed E-state index contributed by atoms with van der Waals surface area (Å²) in [5.74, 6) is 0.347. The first kappa shape index (κ1) is 13.4. The van der Waals surface area contributed by atoms with Crippen LogP contribution in [0.5, 0.6) is 5.75 Å². The molecule has 0 saturated heterocycles. The summed E-state index contributed by atoms with van der Waals surface area (Å²) in [6, 6.07) is 8.23. The van der Waals surface area contributed by atoms with E-state index in [4.69, 9.17) is 0 Å². The normalized spacial score (nSPS) is 25.2. The standard InChI is InChI=1S/C18H23NO/c1-14-5-6-16(13-19-14)18(11-3-2-4-12-18)15-7-9-17(20)10-8-15/h6-10,13-14,20H,2-5,11-12H2,1H3. The molecular formula is C18H23NO. The zero-order chi connectivity index (χ0) is 14.0. The Kier molecular flexibility index (Phi) is 3.64. The monoisotopic (exact) mass is 269 g/mol. The first-order valence-electron chi connectivity index (χ1n) is 7.74. The van der Waals surface area contributed by atoms with Crippen LogP contribution in [0.4, 0.5) is 0 Å². The highest BCUT2D eigenvalue weighted by molar-refractivity contribution is 5.83. The number of allylic oxidation sites excluding steroid dienone is 1. The summed E-state index contributed by atoms with van der Waals surface area (Å²) in [6.45, 7) is 2.16. The second-order valence-corrected chi connectivity index (χ2v) is 6.21. The fourth-order valence-electron chi connectivity index (χ4n) is 3.62. The van der Waals surface area contributed by atoms with E-state index in [-0.39, 0.29) is 5.41 Å². The lowest BCUT2D eigenvalue weighted by Gasteiger charge is -2.40. The van der Waals surface area contributed by atoms with Gasteiger partial charge in [-0.3, -0.25) is 4.99 Å². The molecular weight excluding hydrogens is 246 g/mol. The molecule has 0 spiro atoms. The van der Waals surface area contributed by atoms with Crippen molar-refractivity contribution in [3.8, 4) is 5.75 Å². The molecule has 106 valence electrons. The number of benzene rings is 1. The van der Waals surface area contributed by atoms with Gasteiger partial charge < -0.3 is 5.11 Å². The molecule has 0 amide bonds. The Bertz CT molecular complexity index is 521. The minimum Gasteiger partial charge on any atom is -0.508 e. The molecule has 1 saturated carbocycles. The summed E-state index contributed by atoms with van der Waals surface area (Å²) < 4.78 is 0. The second kappa shape index (κ2) is 5.43. The van der Waals surface area contributed by atoms with Crippen LogP contribution < -0.4 is 0 Å². The first-order chi connectivity index (χ1) is 9.71. The summed E-state index contributed by atoms with van der Waals surface area (Å²) in [6.07, 6.45) is 11.8. The number of phenolic OH excluding ortho intramolecular Hbond substituents is 1. The van der Waals surface area contributed by atoms with E-state index < -0.39 is 0 Å². The molecule has 1 atom stereocenters. The molecule has 2 nitrogen and oxygen atoms in total. The van der Waals surface area contributed by atoms with Crippen LogP contribution in [0.2, 0.25) is 0 Å². The highest BCUT2D eigenvalue weighted by Crippen LogP contribution is 2.45. The van der Waals surface area contributed by atoms with Crippen molar-refractivity contribution >= 4 is 6.21 Å². The van der Waals surface area contributed by atoms with Gasteiger partial charge in [0.2, 0.25) is 0 Å². The van der Waals surface area contributed by atoms with Crippen LogP contribution in [-0.4, -0.2) is 17.4 Å². The molecule has 2 heteroatoms. The van der Waals surface area contributed by atoms with Gasteiger partial charge in [-0.05, 0) is 49.5 Å². The summed E-state index contributed by atoms with van der Waals surface area (Å²) in [7, 11) is 0. The Labute approximate surface area is 121 Å². The van der Waals surface area contributed by atoms with Crippen molar-refractivity contribution in [3.05, 3.63) is 41.5 Å². The van der Waals surface area contributed by atoms with Crippen LogP contribution in [0, 0.1) is 0 Å². The minimum atomic E-state index is 0.121. The van der Waals surface area contributed by atoms with Crippen LogP contribution in [0.25, 0.3) is 0 Å². The summed E-state index contributed by atoms with van der Waals surface area (Å²) in [4.78, 5) is 4.63. The van der Waals surface area contributed by atoms with Crippen LogP contribution >= 0.6 is 0 Å². The lowest BCUT2D eigenvalue weighted by molar-refractivity contribution is 0.347. The average Bonchev–Trinajstić information content (AvgIpc) is 2.49. The molecule has 1 unspecified atom stereocenters. The molecule has 1 aliphatic carbocycles. The Hall–Kier alpha value is -1.57. The van der Waals surface area contributed by atoms with Crippen molar-refractivity contribution in [1.29, 1.82) is 0 Å². The maximum Gasteiger partial charge on any atom is 0.115 e. The van der Waals surface area contributed by atoms with E-state index in [9.17, 15) is 5.11 Å². The molecule has 20 heavy (non-hydrogen) atoms. The van der Waals surface area contributed by atoms with Crippen LogP contribution in [0.15, 0.2) is 40.9 Å². The van der Waals surface area contributed by atoms with Gasteiger partial charge in [-0.1, -0.05) is 37.5 Å². The van der Waals surface area contributed by atoms with E-state index in [1.54, 1.807) is 0 Å². The quantitative estimate of drug-likeness (QED) is 0.849. The maximum absolute atomic E-state index is 9.54. The van der Waals surface area contributed by atoms with Gasteiger partial charge in [0.1, 0.15) is 5.75 Å². The van der Waals surface area contributed by atoms with Crippen molar-refractivity contribution in [2.45, 2.75) is 56.9 Å². The zero-order valence-electron chi connectivity index (χ0n) is 12.2. The SMILES string of the molecule is CC1CC=C(C2(c3ccc(O)cc3)CCCCC2)C=N1. The van der Waals surface area contributed by atoms with Crippen LogP contribution in [0.3, 0.4) is 0 Å². The molecule has 0 bridgehead atoms. The van der Waals surface area contributed by atoms with Crippen molar-refractivity contribution in [2.24, 2.45) is 4.99 Å². The number of phenols is 1. The minimum absolute atomic E-state index is 0.121. The molecule has 1 aliphatic heterocycles. The van der Waals surface area contributed by atoms with Gasteiger partial charge in [0.05, 0.1) is 6.04 Å². The number of rotatable bonds is 2. The van der Waals surface area contributed by atoms with Gasteiger partial charge in [-0.15, -0.1) is 0 Å². The Morgan fingerprint density at radius 1 is 1.10 bits per heavy atom. The number of dihydropyridines is 1. The first-order valence-corrected chi connectivity index (χ1v) is 7.74. The van der Waals surface area contributed by atoms with Crippen molar-refractivity contribution < 1.29 is 5.11 Å².